The minimum absolute atomic E-state index is 0.0636. The lowest BCUT2D eigenvalue weighted by Crippen LogP contribution is -2.48. The molecule has 0 spiro atoms. The van der Waals surface area contributed by atoms with Crippen LogP contribution >= 0.6 is 0 Å². The molecule has 0 bridgehead atoms. The van der Waals surface area contributed by atoms with Crippen LogP contribution in [0.5, 0.6) is 11.8 Å². The minimum atomic E-state index is -0.729. The number of fused-ring (bicyclic) bond motifs is 1. The number of ether oxygens (including phenoxy) is 1. The molecule has 4 N–H and O–H groups in total. The van der Waals surface area contributed by atoms with E-state index in [1.807, 2.05) is 6.07 Å². The smallest absolute Gasteiger partial charge is 0.326 e. The van der Waals surface area contributed by atoms with Crippen molar-refractivity contribution in [2.75, 3.05) is 29.9 Å². The molecule has 2 aliphatic rings. The first kappa shape index (κ1) is 21.3. The number of amides is 1. The van der Waals surface area contributed by atoms with Crippen LogP contribution in [-0.4, -0.2) is 50.7 Å². The molecule has 1 aromatic carbocycles. The van der Waals surface area contributed by atoms with Gasteiger partial charge in [0.25, 0.3) is 0 Å². The minimum Gasteiger partial charge on any atom is -0.421 e. The van der Waals surface area contributed by atoms with Crippen LogP contribution in [0.4, 0.5) is 26.2 Å². The van der Waals surface area contributed by atoms with Crippen molar-refractivity contribution in [3.05, 3.63) is 47.3 Å². The molecular weight excluding hydrogens is 458 g/mol. The van der Waals surface area contributed by atoms with E-state index in [2.05, 4.69) is 35.8 Å². The molecule has 3 aromatic heterocycles. The number of aryl methyl sites for hydroxylation is 1. The Morgan fingerprint density at radius 3 is 2.80 bits per heavy atom. The summed E-state index contributed by atoms with van der Waals surface area (Å²) in [6.07, 6.45) is 2.25. The van der Waals surface area contributed by atoms with Crippen LogP contribution in [0.2, 0.25) is 0 Å². The number of halogens is 2. The maximum absolute atomic E-state index is 15.1. The number of carbonyl (C=O) groups excluding carboxylic acids is 1. The van der Waals surface area contributed by atoms with Gasteiger partial charge in [0.05, 0.1) is 12.1 Å². The van der Waals surface area contributed by atoms with Gasteiger partial charge in [-0.3, -0.25) is 9.89 Å². The summed E-state index contributed by atoms with van der Waals surface area (Å²) in [5.41, 5.74) is 1.72. The number of benzene rings is 1. The van der Waals surface area contributed by atoms with E-state index in [0.29, 0.717) is 42.2 Å². The highest BCUT2D eigenvalue weighted by Crippen LogP contribution is 2.40. The normalized spacial score (nSPS) is 16.0. The first-order chi connectivity index (χ1) is 16.9. The quantitative estimate of drug-likeness (QED) is 0.332. The summed E-state index contributed by atoms with van der Waals surface area (Å²) in [5.74, 6) is -0.0771. The number of H-pyrrole nitrogens is 2. The molecular formula is C23H22F2N8O2. The van der Waals surface area contributed by atoms with Crippen LogP contribution in [0.15, 0.2) is 24.3 Å². The molecule has 12 heteroatoms. The van der Waals surface area contributed by atoms with E-state index < -0.39 is 11.6 Å². The van der Waals surface area contributed by atoms with Crippen LogP contribution in [0.1, 0.15) is 30.1 Å². The average molecular weight is 480 g/mol. The van der Waals surface area contributed by atoms with Gasteiger partial charge in [0.2, 0.25) is 5.91 Å². The molecule has 180 valence electrons. The number of aromatic amines is 2. The molecule has 2 fully saturated rings. The van der Waals surface area contributed by atoms with Gasteiger partial charge < -0.3 is 25.3 Å². The maximum atomic E-state index is 15.1. The zero-order valence-electron chi connectivity index (χ0n) is 18.8. The summed E-state index contributed by atoms with van der Waals surface area (Å²) >= 11 is 0. The number of aromatic nitrogens is 5. The van der Waals surface area contributed by atoms with Crippen LogP contribution in [0.3, 0.4) is 0 Å². The van der Waals surface area contributed by atoms with Crippen LogP contribution in [-0.2, 0) is 4.79 Å². The van der Waals surface area contributed by atoms with Crippen molar-refractivity contribution in [2.45, 2.75) is 25.7 Å². The molecule has 10 nitrogen and oxygen atoms in total. The highest BCUT2D eigenvalue weighted by Gasteiger charge is 2.26. The number of hydrogen-bond donors (Lipinski definition) is 4. The third-order valence-electron chi connectivity index (χ3n) is 6.03. The lowest BCUT2D eigenvalue weighted by Gasteiger charge is -2.27. The van der Waals surface area contributed by atoms with Crippen molar-refractivity contribution >= 4 is 34.3 Å². The average Bonchev–Trinajstić information content (AvgIpc) is 3.45. The first-order valence-corrected chi connectivity index (χ1v) is 11.3. The Kier molecular flexibility index (Phi) is 5.01. The summed E-state index contributed by atoms with van der Waals surface area (Å²) in [4.78, 5) is 25.2. The second kappa shape index (κ2) is 8.22. The van der Waals surface area contributed by atoms with E-state index in [-0.39, 0.29) is 35.1 Å². The van der Waals surface area contributed by atoms with Gasteiger partial charge in [0.15, 0.2) is 23.2 Å². The fourth-order valence-electron chi connectivity index (χ4n) is 4.16. The van der Waals surface area contributed by atoms with Gasteiger partial charge in [-0.25, -0.2) is 8.78 Å². The Hall–Kier alpha value is -4.22. The van der Waals surface area contributed by atoms with Gasteiger partial charge >= 0.3 is 6.01 Å². The number of carbonyl (C=O) groups is 1. The van der Waals surface area contributed by atoms with Crippen LogP contribution in [0, 0.1) is 18.6 Å². The maximum Gasteiger partial charge on any atom is 0.326 e. The second-order valence-corrected chi connectivity index (χ2v) is 8.79. The number of hydrogen-bond acceptors (Lipinski definition) is 7. The predicted octanol–water partition coefficient (Wildman–Crippen LogP) is 3.62. The van der Waals surface area contributed by atoms with Gasteiger partial charge in [-0.05, 0) is 25.8 Å². The molecule has 4 heterocycles. The summed E-state index contributed by atoms with van der Waals surface area (Å²) in [6, 6.07) is 5.84. The van der Waals surface area contributed by atoms with Gasteiger partial charge in [-0.2, -0.15) is 15.1 Å². The first-order valence-electron chi connectivity index (χ1n) is 11.3. The number of piperazine rings is 1. The zero-order chi connectivity index (χ0) is 24.1. The van der Waals surface area contributed by atoms with E-state index in [4.69, 9.17) is 4.74 Å². The topological polar surface area (TPSA) is 124 Å². The van der Waals surface area contributed by atoms with E-state index in [9.17, 15) is 9.18 Å². The number of nitrogens with one attached hydrogen (secondary N) is 4. The summed E-state index contributed by atoms with van der Waals surface area (Å²) in [5, 5.41) is 13.2. The molecule has 6 rings (SSSR count). The lowest BCUT2D eigenvalue weighted by molar-refractivity contribution is -0.120. The van der Waals surface area contributed by atoms with Crippen molar-refractivity contribution in [3.63, 3.8) is 0 Å². The van der Waals surface area contributed by atoms with Crippen molar-refractivity contribution in [1.29, 1.82) is 0 Å². The SMILES string of the molecule is Cc1cc2c(F)c(Oc3nc(Nc4cc(C5CC5)[nH]n4)cc(N4CCNC(=O)C4)n3)cc(F)c2[nH]1. The Morgan fingerprint density at radius 1 is 1.14 bits per heavy atom. The molecule has 1 aliphatic heterocycles. The Labute approximate surface area is 198 Å². The molecule has 0 unspecified atom stereocenters. The summed E-state index contributed by atoms with van der Waals surface area (Å²) < 4.78 is 35.4. The molecule has 1 saturated carbocycles. The molecule has 4 aromatic rings. The van der Waals surface area contributed by atoms with E-state index in [0.717, 1.165) is 24.6 Å². The van der Waals surface area contributed by atoms with Crippen molar-refractivity contribution in [2.24, 2.45) is 0 Å². The molecule has 0 radical (unpaired) electrons. The fourth-order valence-corrected chi connectivity index (χ4v) is 4.16. The number of anilines is 3. The number of nitrogens with zero attached hydrogens (tertiary/aromatic N) is 4. The molecule has 1 amide bonds. The molecule has 35 heavy (non-hydrogen) atoms. The fraction of sp³-hybridized carbons (Fsp3) is 0.304. The largest absolute Gasteiger partial charge is 0.421 e. The highest BCUT2D eigenvalue weighted by molar-refractivity contribution is 5.84. The van der Waals surface area contributed by atoms with E-state index in [1.165, 1.54) is 6.07 Å². The summed E-state index contributed by atoms with van der Waals surface area (Å²) in [7, 11) is 0. The number of rotatable bonds is 6. The van der Waals surface area contributed by atoms with Crippen LogP contribution in [0.25, 0.3) is 10.9 Å². The molecule has 0 atom stereocenters. The summed E-state index contributed by atoms with van der Waals surface area (Å²) in [6.45, 7) is 2.78. The van der Waals surface area contributed by atoms with Gasteiger partial charge in [-0.15, -0.1) is 0 Å². The molecule has 1 aliphatic carbocycles. The van der Waals surface area contributed by atoms with Gasteiger partial charge in [0.1, 0.15) is 11.6 Å². The monoisotopic (exact) mass is 480 g/mol. The lowest BCUT2D eigenvalue weighted by atomic mass is 10.2. The highest BCUT2D eigenvalue weighted by atomic mass is 19.1. The van der Waals surface area contributed by atoms with Gasteiger partial charge in [0, 0.05) is 54.0 Å². The third kappa shape index (κ3) is 4.22. The Balaban J connectivity index is 1.36. The Morgan fingerprint density at radius 2 is 2.00 bits per heavy atom. The Bertz CT molecular complexity index is 1450. The van der Waals surface area contributed by atoms with Crippen molar-refractivity contribution in [3.8, 4) is 11.8 Å². The van der Waals surface area contributed by atoms with Crippen molar-refractivity contribution < 1.29 is 18.3 Å². The van der Waals surface area contributed by atoms with E-state index >= 15 is 4.39 Å². The predicted molar refractivity (Wildman–Crippen MR) is 124 cm³/mol. The van der Waals surface area contributed by atoms with Crippen molar-refractivity contribution in [1.82, 2.24) is 30.5 Å². The van der Waals surface area contributed by atoms with E-state index in [1.54, 1.807) is 17.9 Å². The van der Waals surface area contributed by atoms with Gasteiger partial charge in [-0.1, -0.05) is 0 Å². The standard InChI is InChI=1S/C23H22F2N8O2/c1-11-6-13-21(25)16(7-14(24)22(13)27-11)35-23-29-17(28-18-8-15(31-32-18)12-2-3-12)9-19(30-23)33-5-4-26-20(34)10-33/h6-9,12,27H,2-5,10H2,1H3,(H,26,34)(H2,28,29,30,31,32). The molecule has 1 saturated heterocycles. The third-order valence-corrected chi connectivity index (χ3v) is 6.03. The second-order valence-electron chi connectivity index (χ2n) is 8.79. The van der Waals surface area contributed by atoms with Crippen LogP contribution < -0.4 is 20.3 Å². The zero-order valence-corrected chi connectivity index (χ0v) is 18.8.